The van der Waals surface area contributed by atoms with Crippen molar-refractivity contribution in [3.05, 3.63) is 40.9 Å². The summed E-state index contributed by atoms with van der Waals surface area (Å²) >= 11 is 1.55. The fourth-order valence-corrected chi connectivity index (χ4v) is 2.68. The van der Waals surface area contributed by atoms with Crippen molar-refractivity contribution in [2.45, 2.75) is 32.6 Å². The fraction of sp³-hybridized carbons (Fsp3) is 0.375. The first-order valence-corrected chi connectivity index (χ1v) is 7.40. The maximum absolute atomic E-state index is 11.2. The molecule has 20 heavy (non-hydrogen) atoms. The Morgan fingerprint density at radius 3 is 2.45 bits per heavy atom. The monoisotopic (exact) mass is 289 g/mol. The minimum absolute atomic E-state index is 0.150. The smallest absolute Gasteiger partial charge is 0.311 e. The number of ether oxygens (including phenoxy) is 1. The van der Waals surface area contributed by atoms with Gasteiger partial charge < -0.3 is 4.74 Å². The minimum atomic E-state index is -0.259. The van der Waals surface area contributed by atoms with Crippen molar-refractivity contribution in [3.63, 3.8) is 0 Å². The normalized spacial score (nSPS) is 11.4. The third-order valence-electron chi connectivity index (χ3n) is 3.10. The molecule has 0 aliphatic rings. The maximum atomic E-state index is 11.2. The SMILES string of the molecule is COC(=O)Cc1csc(-c2ccc(C(C)(C)C)cc2)n1. The Morgan fingerprint density at radius 2 is 1.90 bits per heavy atom. The second-order valence-electron chi connectivity index (χ2n) is 5.72. The highest BCUT2D eigenvalue weighted by Gasteiger charge is 2.14. The highest BCUT2D eigenvalue weighted by molar-refractivity contribution is 7.13. The van der Waals surface area contributed by atoms with E-state index < -0.39 is 0 Å². The quantitative estimate of drug-likeness (QED) is 0.806. The molecule has 0 saturated carbocycles. The molecule has 0 spiro atoms. The molecule has 0 aliphatic heterocycles. The molecule has 0 fully saturated rings. The molecule has 0 radical (unpaired) electrons. The molecular formula is C16H19NO2S. The lowest BCUT2D eigenvalue weighted by molar-refractivity contribution is -0.139. The van der Waals surface area contributed by atoms with Crippen LogP contribution in [0.5, 0.6) is 0 Å². The average molecular weight is 289 g/mol. The van der Waals surface area contributed by atoms with Crippen LogP contribution < -0.4 is 0 Å². The van der Waals surface area contributed by atoms with E-state index in [1.807, 2.05) is 5.38 Å². The van der Waals surface area contributed by atoms with Gasteiger partial charge in [0.25, 0.3) is 0 Å². The minimum Gasteiger partial charge on any atom is -0.469 e. The molecule has 1 aromatic carbocycles. The Bertz CT molecular complexity index is 594. The number of methoxy groups -OCH3 is 1. The van der Waals surface area contributed by atoms with Crippen LogP contribution in [0.1, 0.15) is 32.0 Å². The van der Waals surface area contributed by atoms with Crippen molar-refractivity contribution < 1.29 is 9.53 Å². The summed E-state index contributed by atoms with van der Waals surface area (Å²) in [7, 11) is 1.39. The van der Waals surface area contributed by atoms with Gasteiger partial charge in [-0.25, -0.2) is 4.98 Å². The molecule has 1 aromatic heterocycles. The lowest BCUT2D eigenvalue weighted by Gasteiger charge is -2.18. The van der Waals surface area contributed by atoms with Crippen LogP contribution in [0.3, 0.4) is 0 Å². The zero-order valence-corrected chi connectivity index (χ0v) is 13.1. The number of rotatable bonds is 3. The van der Waals surface area contributed by atoms with Gasteiger partial charge >= 0.3 is 5.97 Å². The number of esters is 1. The Morgan fingerprint density at radius 1 is 1.25 bits per heavy atom. The van der Waals surface area contributed by atoms with Crippen LogP contribution in [0, 0.1) is 0 Å². The zero-order valence-electron chi connectivity index (χ0n) is 12.3. The number of hydrogen-bond donors (Lipinski definition) is 0. The van der Waals surface area contributed by atoms with Crippen molar-refractivity contribution in [2.75, 3.05) is 7.11 Å². The number of benzene rings is 1. The largest absolute Gasteiger partial charge is 0.469 e. The molecule has 0 N–H and O–H groups in total. The van der Waals surface area contributed by atoms with E-state index in [1.54, 1.807) is 11.3 Å². The average Bonchev–Trinajstić information content (AvgIpc) is 2.86. The highest BCUT2D eigenvalue weighted by Crippen LogP contribution is 2.28. The number of hydrogen-bond acceptors (Lipinski definition) is 4. The van der Waals surface area contributed by atoms with Crippen molar-refractivity contribution >= 4 is 17.3 Å². The molecule has 0 saturated heterocycles. The van der Waals surface area contributed by atoms with Crippen LogP contribution in [0.25, 0.3) is 10.6 Å². The Hall–Kier alpha value is -1.68. The lowest BCUT2D eigenvalue weighted by Crippen LogP contribution is -2.10. The number of thiazole rings is 1. The molecule has 0 atom stereocenters. The van der Waals surface area contributed by atoms with Gasteiger partial charge in [0.15, 0.2) is 0 Å². The summed E-state index contributed by atoms with van der Waals surface area (Å²) in [5, 5.41) is 2.84. The summed E-state index contributed by atoms with van der Waals surface area (Å²) in [6, 6.07) is 8.44. The molecule has 4 heteroatoms. The second-order valence-corrected chi connectivity index (χ2v) is 6.58. The van der Waals surface area contributed by atoms with E-state index in [1.165, 1.54) is 12.7 Å². The van der Waals surface area contributed by atoms with Crippen LogP contribution in [-0.4, -0.2) is 18.1 Å². The van der Waals surface area contributed by atoms with Crippen LogP contribution in [-0.2, 0) is 21.4 Å². The van der Waals surface area contributed by atoms with Crippen LogP contribution in [0.2, 0.25) is 0 Å². The summed E-state index contributed by atoms with van der Waals surface area (Å²) < 4.78 is 4.65. The molecule has 0 amide bonds. The van der Waals surface area contributed by atoms with Gasteiger partial charge in [-0.1, -0.05) is 45.0 Å². The van der Waals surface area contributed by atoms with Gasteiger partial charge in [-0.3, -0.25) is 4.79 Å². The zero-order chi connectivity index (χ0) is 14.8. The van der Waals surface area contributed by atoms with Gasteiger partial charge in [-0.2, -0.15) is 0 Å². The molecule has 0 bridgehead atoms. The standard InChI is InChI=1S/C16H19NO2S/c1-16(2,3)12-7-5-11(6-8-12)15-17-13(10-20-15)9-14(18)19-4/h5-8,10H,9H2,1-4H3. The lowest BCUT2D eigenvalue weighted by atomic mass is 9.87. The number of carbonyl (C=O) groups excluding carboxylic acids is 1. The summed E-state index contributed by atoms with van der Waals surface area (Å²) in [6.45, 7) is 6.58. The number of carbonyl (C=O) groups is 1. The second kappa shape index (κ2) is 5.75. The third-order valence-corrected chi connectivity index (χ3v) is 4.04. The van der Waals surface area contributed by atoms with Gasteiger partial charge in [-0.15, -0.1) is 11.3 Å². The van der Waals surface area contributed by atoms with Crippen molar-refractivity contribution in [1.29, 1.82) is 0 Å². The summed E-state index contributed by atoms with van der Waals surface area (Å²) in [4.78, 5) is 15.7. The first-order valence-electron chi connectivity index (χ1n) is 6.52. The molecule has 0 unspecified atom stereocenters. The highest BCUT2D eigenvalue weighted by atomic mass is 32.1. The molecule has 2 aromatic rings. The molecular weight excluding hydrogens is 270 g/mol. The van der Waals surface area contributed by atoms with E-state index in [0.29, 0.717) is 0 Å². The Balaban J connectivity index is 2.18. The van der Waals surface area contributed by atoms with Gasteiger partial charge in [0, 0.05) is 10.9 Å². The topological polar surface area (TPSA) is 39.2 Å². The van der Waals surface area contributed by atoms with E-state index in [0.717, 1.165) is 16.3 Å². The van der Waals surface area contributed by atoms with E-state index >= 15 is 0 Å². The van der Waals surface area contributed by atoms with E-state index in [4.69, 9.17) is 0 Å². The van der Waals surface area contributed by atoms with Crippen molar-refractivity contribution in [3.8, 4) is 10.6 Å². The van der Waals surface area contributed by atoms with Gasteiger partial charge in [0.05, 0.1) is 19.2 Å². The van der Waals surface area contributed by atoms with Crippen molar-refractivity contribution in [1.82, 2.24) is 4.98 Å². The van der Waals surface area contributed by atoms with Gasteiger partial charge in [0.2, 0.25) is 0 Å². The first-order chi connectivity index (χ1) is 9.40. The van der Waals surface area contributed by atoms with Gasteiger partial charge in [-0.05, 0) is 11.0 Å². The Labute approximate surface area is 123 Å². The summed E-state index contributed by atoms with van der Waals surface area (Å²) in [5.74, 6) is -0.259. The Kier molecular flexibility index (Phi) is 4.23. The summed E-state index contributed by atoms with van der Waals surface area (Å²) in [5.41, 5.74) is 3.29. The summed E-state index contributed by atoms with van der Waals surface area (Å²) in [6.07, 6.45) is 0.229. The van der Waals surface area contributed by atoms with Gasteiger partial charge in [0.1, 0.15) is 5.01 Å². The molecule has 106 valence electrons. The predicted molar refractivity (Wildman–Crippen MR) is 82.0 cm³/mol. The van der Waals surface area contributed by atoms with Crippen LogP contribution in [0.4, 0.5) is 0 Å². The van der Waals surface area contributed by atoms with E-state index in [2.05, 4.69) is 54.8 Å². The van der Waals surface area contributed by atoms with Crippen LogP contribution in [0.15, 0.2) is 29.6 Å². The number of aromatic nitrogens is 1. The molecule has 0 aliphatic carbocycles. The van der Waals surface area contributed by atoms with Crippen molar-refractivity contribution in [2.24, 2.45) is 0 Å². The molecule has 2 rings (SSSR count). The van der Waals surface area contributed by atoms with E-state index in [-0.39, 0.29) is 17.8 Å². The van der Waals surface area contributed by atoms with Crippen LogP contribution >= 0.6 is 11.3 Å². The van der Waals surface area contributed by atoms with E-state index in [9.17, 15) is 4.79 Å². The fourth-order valence-electron chi connectivity index (χ4n) is 1.85. The molecule has 1 heterocycles. The maximum Gasteiger partial charge on any atom is 0.311 e. The predicted octanol–water partition coefficient (Wildman–Crippen LogP) is 3.82. The third kappa shape index (κ3) is 3.45. The molecule has 3 nitrogen and oxygen atoms in total. The first kappa shape index (κ1) is 14.7. The number of nitrogens with zero attached hydrogens (tertiary/aromatic N) is 1.